The third kappa shape index (κ3) is 12.6. The molecule has 5 nitrogen and oxygen atoms in total. The van der Waals surface area contributed by atoms with Gasteiger partial charge in [-0.25, -0.2) is 4.67 Å². The molecule has 6 heteroatoms. The van der Waals surface area contributed by atoms with Crippen LogP contribution in [-0.2, 0) is 26.8 Å². The first-order valence-corrected chi connectivity index (χ1v) is 13.0. The summed E-state index contributed by atoms with van der Waals surface area (Å²) >= 11 is 0. The number of aryl methyl sites for hydroxylation is 1. The quantitative estimate of drug-likeness (QED) is 0.178. The van der Waals surface area contributed by atoms with E-state index in [9.17, 15) is 0 Å². The summed E-state index contributed by atoms with van der Waals surface area (Å²) in [5.74, 6) is 0. The third-order valence-corrected chi connectivity index (χ3v) is 6.99. The molecule has 0 spiro atoms. The molecule has 1 atom stereocenters. The van der Waals surface area contributed by atoms with Crippen LogP contribution < -0.4 is 0 Å². The molecule has 0 radical (unpaired) electrons. The predicted octanol–water partition coefficient (Wildman–Crippen LogP) is 7.01. The first kappa shape index (κ1) is 28.0. The third-order valence-electron chi connectivity index (χ3n) is 4.88. The highest BCUT2D eigenvalue weighted by Crippen LogP contribution is 2.46. The molecule has 1 rings (SSSR count). The number of hydrogen-bond donors (Lipinski definition) is 0. The number of hydrogen-bond acceptors (Lipinski definition) is 5. The Morgan fingerprint density at radius 3 is 2.03 bits per heavy atom. The average molecular weight is 451 g/mol. The van der Waals surface area contributed by atoms with E-state index in [4.69, 9.17) is 19.0 Å². The van der Waals surface area contributed by atoms with Gasteiger partial charge in [-0.1, -0.05) is 50.5 Å². The maximum atomic E-state index is 8.78. The van der Waals surface area contributed by atoms with Gasteiger partial charge in [-0.15, -0.1) is 0 Å². The minimum atomic E-state index is -1.12. The highest BCUT2D eigenvalue weighted by atomic mass is 31.2. The largest absolute Gasteiger partial charge is 0.377 e. The van der Waals surface area contributed by atoms with E-state index in [1.807, 2.05) is 0 Å². The normalized spacial score (nSPS) is 12.6. The molecular formula is C25H43N2O3P. The smallest absolute Gasteiger partial charge is 0.259 e. The van der Waals surface area contributed by atoms with E-state index in [1.165, 1.54) is 17.5 Å². The molecule has 0 aliphatic carbocycles. The summed E-state index contributed by atoms with van der Waals surface area (Å²) in [5.41, 5.74) is 2.65. The Bertz CT molecular complexity index is 594. The molecule has 0 aliphatic heterocycles. The standard InChI is InChI=1S/C25H43N2O3P/c1-6-12-24-13-15-25(16-14-24)21-28-18-9-7-8-10-19-29-31(30-20-11-17-26)27(22(2)3)23(4)5/h13-16,22-23H,6-12,18-21H2,1-5H3. The van der Waals surface area contributed by atoms with Gasteiger partial charge in [0.15, 0.2) is 0 Å². The summed E-state index contributed by atoms with van der Waals surface area (Å²) in [6.07, 6.45) is 7.09. The van der Waals surface area contributed by atoms with Crippen molar-refractivity contribution in [2.24, 2.45) is 0 Å². The van der Waals surface area contributed by atoms with Crippen molar-refractivity contribution in [1.82, 2.24) is 4.67 Å². The summed E-state index contributed by atoms with van der Waals surface area (Å²) in [6, 6.07) is 11.6. The minimum absolute atomic E-state index is 0.341. The molecule has 0 saturated carbocycles. The maximum absolute atomic E-state index is 8.78. The van der Waals surface area contributed by atoms with Gasteiger partial charge in [0.2, 0.25) is 0 Å². The predicted molar refractivity (Wildman–Crippen MR) is 130 cm³/mol. The lowest BCUT2D eigenvalue weighted by Crippen LogP contribution is -2.33. The number of nitrogens with zero attached hydrogens (tertiary/aromatic N) is 2. The molecule has 1 unspecified atom stereocenters. The van der Waals surface area contributed by atoms with Crippen LogP contribution in [0.2, 0.25) is 0 Å². The van der Waals surface area contributed by atoms with Crippen molar-refractivity contribution in [2.45, 2.75) is 98.3 Å². The van der Waals surface area contributed by atoms with E-state index in [0.29, 0.717) is 38.3 Å². The number of nitriles is 1. The number of ether oxygens (including phenoxy) is 1. The van der Waals surface area contributed by atoms with Crippen molar-refractivity contribution in [2.75, 3.05) is 19.8 Å². The van der Waals surface area contributed by atoms with Crippen LogP contribution in [0, 0.1) is 11.3 Å². The van der Waals surface area contributed by atoms with E-state index < -0.39 is 8.53 Å². The molecule has 0 aromatic heterocycles. The van der Waals surface area contributed by atoms with Crippen molar-refractivity contribution >= 4 is 8.53 Å². The topological polar surface area (TPSA) is 54.7 Å². The molecule has 0 N–H and O–H groups in total. The summed E-state index contributed by atoms with van der Waals surface area (Å²) in [6.45, 7) is 13.5. The lowest BCUT2D eigenvalue weighted by atomic mass is 10.1. The maximum Gasteiger partial charge on any atom is 0.259 e. The molecular weight excluding hydrogens is 407 g/mol. The molecule has 176 valence electrons. The zero-order chi connectivity index (χ0) is 22.9. The van der Waals surface area contributed by atoms with Crippen LogP contribution in [0.25, 0.3) is 0 Å². The molecule has 0 fully saturated rings. The minimum Gasteiger partial charge on any atom is -0.377 e. The molecule has 0 heterocycles. The number of rotatable bonds is 18. The Kier molecular flexibility index (Phi) is 15.8. The van der Waals surface area contributed by atoms with Crippen LogP contribution in [0.1, 0.15) is 84.3 Å². The fourth-order valence-electron chi connectivity index (χ4n) is 3.40. The molecule has 0 amide bonds. The van der Waals surface area contributed by atoms with Crippen LogP contribution in [0.5, 0.6) is 0 Å². The van der Waals surface area contributed by atoms with Gasteiger partial charge in [0.05, 0.1) is 32.3 Å². The Morgan fingerprint density at radius 1 is 0.871 bits per heavy atom. The molecule has 0 bridgehead atoms. The fraction of sp³-hybridized carbons (Fsp3) is 0.720. The van der Waals surface area contributed by atoms with Crippen LogP contribution in [0.3, 0.4) is 0 Å². The molecule has 31 heavy (non-hydrogen) atoms. The van der Waals surface area contributed by atoms with Gasteiger partial charge in [0.25, 0.3) is 8.53 Å². The summed E-state index contributed by atoms with van der Waals surface area (Å²) < 4.78 is 20.1. The second-order valence-electron chi connectivity index (χ2n) is 8.41. The van der Waals surface area contributed by atoms with Gasteiger partial charge in [0, 0.05) is 18.7 Å². The monoisotopic (exact) mass is 450 g/mol. The van der Waals surface area contributed by atoms with Gasteiger partial charge in [-0.2, -0.15) is 5.26 Å². The van der Waals surface area contributed by atoms with Crippen molar-refractivity contribution in [3.05, 3.63) is 35.4 Å². The summed E-state index contributed by atoms with van der Waals surface area (Å²) in [7, 11) is -1.12. The van der Waals surface area contributed by atoms with E-state index >= 15 is 0 Å². The molecule has 0 aliphatic rings. The van der Waals surface area contributed by atoms with E-state index in [0.717, 1.165) is 38.7 Å². The van der Waals surface area contributed by atoms with Gasteiger partial charge in [0.1, 0.15) is 0 Å². The van der Waals surface area contributed by atoms with E-state index in [2.05, 4.69) is 69.6 Å². The number of unbranched alkanes of at least 4 members (excludes halogenated alkanes) is 3. The SMILES string of the molecule is CCCc1ccc(COCCCCCCOP(OCCC#N)N(C(C)C)C(C)C)cc1. The average Bonchev–Trinajstić information content (AvgIpc) is 2.73. The Morgan fingerprint density at radius 2 is 1.45 bits per heavy atom. The highest BCUT2D eigenvalue weighted by molar-refractivity contribution is 7.44. The second-order valence-corrected chi connectivity index (χ2v) is 9.87. The van der Waals surface area contributed by atoms with Crippen LogP contribution in [0.15, 0.2) is 24.3 Å². The van der Waals surface area contributed by atoms with E-state index in [-0.39, 0.29) is 0 Å². The van der Waals surface area contributed by atoms with Crippen molar-refractivity contribution in [1.29, 1.82) is 5.26 Å². The number of benzene rings is 1. The zero-order valence-corrected chi connectivity index (χ0v) is 21.2. The van der Waals surface area contributed by atoms with Crippen LogP contribution in [-0.4, -0.2) is 36.6 Å². The second kappa shape index (κ2) is 17.5. The zero-order valence-electron chi connectivity index (χ0n) is 20.3. The highest BCUT2D eigenvalue weighted by Gasteiger charge is 2.26. The van der Waals surface area contributed by atoms with E-state index in [1.54, 1.807) is 0 Å². The fourth-order valence-corrected chi connectivity index (χ4v) is 5.02. The van der Waals surface area contributed by atoms with Gasteiger partial charge in [-0.3, -0.25) is 0 Å². The van der Waals surface area contributed by atoms with Crippen LogP contribution in [0.4, 0.5) is 0 Å². The van der Waals surface area contributed by atoms with Gasteiger partial charge in [-0.05, 0) is 58.1 Å². The van der Waals surface area contributed by atoms with Crippen molar-refractivity contribution in [3.63, 3.8) is 0 Å². The first-order chi connectivity index (χ1) is 15.0. The molecule has 1 aromatic rings. The Hall–Kier alpha value is -1.02. The Labute approximate surface area is 192 Å². The first-order valence-electron chi connectivity index (χ1n) is 11.9. The Balaban J connectivity index is 2.18. The molecule has 0 saturated heterocycles. The lowest BCUT2D eigenvalue weighted by molar-refractivity contribution is 0.116. The van der Waals surface area contributed by atoms with Crippen molar-refractivity contribution in [3.8, 4) is 6.07 Å². The van der Waals surface area contributed by atoms with Gasteiger partial charge >= 0.3 is 0 Å². The van der Waals surface area contributed by atoms with Crippen LogP contribution >= 0.6 is 8.53 Å². The summed E-state index contributed by atoms with van der Waals surface area (Å²) in [5, 5.41) is 8.78. The van der Waals surface area contributed by atoms with Gasteiger partial charge < -0.3 is 13.8 Å². The molecule has 1 aromatic carbocycles. The van der Waals surface area contributed by atoms with Crippen molar-refractivity contribution < 1.29 is 13.8 Å². The summed E-state index contributed by atoms with van der Waals surface area (Å²) in [4.78, 5) is 0. The lowest BCUT2D eigenvalue weighted by Gasteiger charge is -2.35.